The Morgan fingerprint density at radius 3 is 2.83 bits per heavy atom. The van der Waals surface area contributed by atoms with E-state index >= 15 is 0 Å². The molecule has 0 spiro atoms. The summed E-state index contributed by atoms with van der Waals surface area (Å²) in [5.74, 6) is -0.182. The summed E-state index contributed by atoms with van der Waals surface area (Å²) in [5, 5.41) is 9.98. The Morgan fingerprint density at radius 1 is 1.39 bits per heavy atom. The molecular weight excluding hydrogens is 458 g/mol. The van der Waals surface area contributed by atoms with E-state index in [1.807, 2.05) is 22.6 Å². The first-order chi connectivity index (χ1) is 10.9. The number of carbonyl (C=O) groups excluding carboxylic acids is 1. The van der Waals surface area contributed by atoms with Gasteiger partial charge in [-0.1, -0.05) is 23.2 Å². The van der Waals surface area contributed by atoms with Gasteiger partial charge in [0.25, 0.3) is 5.91 Å². The Labute approximate surface area is 156 Å². The highest BCUT2D eigenvalue weighted by atomic mass is 127. The average molecular weight is 471 g/mol. The number of rotatable bonds is 0. The molecule has 1 aromatic carbocycles. The molecule has 2 aliphatic rings. The summed E-state index contributed by atoms with van der Waals surface area (Å²) in [7, 11) is 0. The van der Waals surface area contributed by atoms with Crippen LogP contribution in [0.2, 0.25) is 10.0 Å². The van der Waals surface area contributed by atoms with Crippen molar-refractivity contribution in [1.29, 1.82) is 0 Å². The highest BCUT2D eigenvalue weighted by molar-refractivity contribution is 14.1. The molecule has 2 amide bonds. The molecule has 3 rings (SSSR count). The largest absolute Gasteiger partial charge is 0.465 e. The van der Waals surface area contributed by atoms with Gasteiger partial charge in [-0.3, -0.25) is 4.79 Å². The summed E-state index contributed by atoms with van der Waals surface area (Å²) < 4.78 is 6.37. The van der Waals surface area contributed by atoms with Crippen LogP contribution >= 0.6 is 45.8 Å². The summed E-state index contributed by atoms with van der Waals surface area (Å²) in [5.41, 5.74) is 1.05. The number of fused-ring (bicyclic) bond motifs is 2. The number of ether oxygens (including phenoxy) is 1. The highest BCUT2D eigenvalue weighted by Crippen LogP contribution is 2.35. The van der Waals surface area contributed by atoms with Crippen LogP contribution in [0.3, 0.4) is 0 Å². The van der Waals surface area contributed by atoms with Crippen LogP contribution in [0.25, 0.3) is 0 Å². The number of nitrogens with zero attached hydrogens (tertiary/aromatic N) is 2. The number of halogens is 3. The van der Waals surface area contributed by atoms with E-state index in [-0.39, 0.29) is 38.3 Å². The van der Waals surface area contributed by atoms with Crippen molar-refractivity contribution in [2.24, 2.45) is 0 Å². The van der Waals surface area contributed by atoms with E-state index in [2.05, 4.69) is 0 Å². The standard InChI is InChI=1S/C14H13Cl2IN2O4/c15-10-3-8-9(11(16)12(10)17)6-23-5-7-4-18(14(21)22)1-2-19(7)13(8)20/h3,7H,1-2,4-6H2,(H,21,22)/t7-/m0/s1. The van der Waals surface area contributed by atoms with E-state index in [0.29, 0.717) is 31.3 Å². The van der Waals surface area contributed by atoms with Gasteiger partial charge in [0.05, 0.1) is 32.9 Å². The molecule has 0 aromatic heterocycles. The van der Waals surface area contributed by atoms with Gasteiger partial charge in [0, 0.05) is 30.8 Å². The van der Waals surface area contributed by atoms with Crippen LogP contribution < -0.4 is 0 Å². The average Bonchev–Trinajstić information content (AvgIpc) is 2.52. The van der Waals surface area contributed by atoms with Gasteiger partial charge in [-0.05, 0) is 28.7 Å². The van der Waals surface area contributed by atoms with E-state index in [4.69, 9.17) is 33.0 Å². The molecule has 23 heavy (non-hydrogen) atoms. The molecule has 2 aliphatic heterocycles. The molecule has 0 saturated carbocycles. The van der Waals surface area contributed by atoms with Crippen molar-refractivity contribution in [2.75, 3.05) is 26.2 Å². The van der Waals surface area contributed by atoms with E-state index in [1.165, 1.54) is 4.90 Å². The van der Waals surface area contributed by atoms with Crippen LogP contribution in [0, 0.1) is 3.57 Å². The monoisotopic (exact) mass is 470 g/mol. The number of hydrogen-bond acceptors (Lipinski definition) is 3. The Kier molecular flexibility index (Phi) is 4.91. The van der Waals surface area contributed by atoms with Crippen molar-refractivity contribution in [3.8, 4) is 0 Å². The molecule has 124 valence electrons. The second kappa shape index (κ2) is 6.62. The molecule has 1 fully saturated rings. The SMILES string of the molecule is O=C(O)N1CCN2C(=O)c3cc(Cl)c(I)c(Cl)c3COC[C@@H]2C1. The zero-order chi connectivity index (χ0) is 16.7. The van der Waals surface area contributed by atoms with Crippen molar-refractivity contribution < 1.29 is 19.4 Å². The molecular formula is C14H13Cl2IN2O4. The number of hydrogen-bond donors (Lipinski definition) is 1. The van der Waals surface area contributed by atoms with Gasteiger partial charge in [-0.15, -0.1) is 0 Å². The fourth-order valence-corrected chi connectivity index (χ4v) is 3.85. The lowest BCUT2D eigenvalue weighted by atomic mass is 10.0. The maximum Gasteiger partial charge on any atom is 0.407 e. The minimum absolute atomic E-state index is 0.182. The summed E-state index contributed by atoms with van der Waals surface area (Å²) in [6.45, 7) is 1.30. The number of amides is 2. The quantitative estimate of drug-likeness (QED) is 0.467. The highest BCUT2D eigenvalue weighted by Gasteiger charge is 2.36. The fourth-order valence-electron chi connectivity index (χ4n) is 2.86. The van der Waals surface area contributed by atoms with E-state index in [0.717, 1.165) is 0 Å². The van der Waals surface area contributed by atoms with Crippen LogP contribution in [0.4, 0.5) is 4.79 Å². The maximum absolute atomic E-state index is 12.9. The normalized spacial score (nSPS) is 21.3. The predicted octanol–water partition coefficient (Wildman–Crippen LogP) is 2.93. The lowest BCUT2D eigenvalue weighted by molar-refractivity contribution is 0.00411. The van der Waals surface area contributed by atoms with Crippen molar-refractivity contribution in [2.45, 2.75) is 12.6 Å². The van der Waals surface area contributed by atoms with Crippen molar-refractivity contribution >= 4 is 57.8 Å². The van der Waals surface area contributed by atoms with Crippen LogP contribution in [-0.4, -0.2) is 59.2 Å². The van der Waals surface area contributed by atoms with E-state index in [9.17, 15) is 9.59 Å². The zero-order valence-corrected chi connectivity index (χ0v) is 15.6. The minimum Gasteiger partial charge on any atom is -0.465 e. The molecule has 2 heterocycles. The van der Waals surface area contributed by atoms with Gasteiger partial charge in [-0.2, -0.15) is 0 Å². The summed E-state index contributed by atoms with van der Waals surface area (Å²) in [6, 6.07) is 1.31. The summed E-state index contributed by atoms with van der Waals surface area (Å²) in [4.78, 5) is 27.0. The van der Waals surface area contributed by atoms with E-state index < -0.39 is 6.09 Å². The third kappa shape index (κ3) is 3.11. The van der Waals surface area contributed by atoms with Crippen LogP contribution in [-0.2, 0) is 11.3 Å². The number of piperazine rings is 1. The molecule has 6 nitrogen and oxygen atoms in total. The molecule has 0 unspecified atom stereocenters. The Morgan fingerprint density at radius 2 is 2.13 bits per heavy atom. The lowest BCUT2D eigenvalue weighted by Crippen LogP contribution is -2.58. The van der Waals surface area contributed by atoms with Crippen LogP contribution in [0.5, 0.6) is 0 Å². The van der Waals surface area contributed by atoms with Gasteiger partial charge < -0.3 is 19.6 Å². The van der Waals surface area contributed by atoms with Gasteiger partial charge in [0.1, 0.15) is 0 Å². The first-order valence-corrected chi connectivity index (χ1v) is 8.76. The zero-order valence-electron chi connectivity index (χ0n) is 11.9. The van der Waals surface area contributed by atoms with Crippen LogP contribution in [0.15, 0.2) is 6.07 Å². The molecule has 1 saturated heterocycles. The smallest absolute Gasteiger partial charge is 0.407 e. The first-order valence-electron chi connectivity index (χ1n) is 6.93. The molecule has 0 radical (unpaired) electrons. The van der Waals surface area contributed by atoms with Crippen molar-refractivity contribution in [3.05, 3.63) is 30.8 Å². The summed E-state index contributed by atoms with van der Waals surface area (Å²) >= 11 is 14.5. The Hall–Kier alpha value is -0.770. The summed E-state index contributed by atoms with van der Waals surface area (Å²) in [6.07, 6.45) is -0.986. The second-order valence-electron chi connectivity index (χ2n) is 5.41. The van der Waals surface area contributed by atoms with E-state index in [1.54, 1.807) is 11.0 Å². The van der Waals surface area contributed by atoms with Gasteiger partial charge in [-0.25, -0.2) is 4.79 Å². The number of carbonyl (C=O) groups is 2. The topological polar surface area (TPSA) is 70.1 Å². The number of carboxylic acid groups (broad SMARTS) is 1. The van der Waals surface area contributed by atoms with Crippen LogP contribution in [0.1, 0.15) is 15.9 Å². The Balaban J connectivity index is 1.98. The minimum atomic E-state index is -0.986. The van der Waals surface area contributed by atoms with Crippen molar-refractivity contribution in [1.82, 2.24) is 9.80 Å². The van der Waals surface area contributed by atoms with Gasteiger partial charge in [0.15, 0.2) is 0 Å². The predicted molar refractivity (Wildman–Crippen MR) is 93.3 cm³/mol. The molecule has 0 bridgehead atoms. The second-order valence-corrected chi connectivity index (χ2v) is 7.27. The number of benzene rings is 1. The molecule has 9 heteroatoms. The third-order valence-electron chi connectivity index (χ3n) is 4.06. The van der Waals surface area contributed by atoms with Gasteiger partial charge in [0.2, 0.25) is 0 Å². The lowest BCUT2D eigenvalue weighted by Gasteiger charge is -2.41. The third-order valence-corrected chi connectivity index (χ3v) is 6.54. The molecule has 1 atom stereocenters. The maximum atomic E-state index is 12.9. The molecule has 0 aliphatic carbocycles. The van der Waals surface area contributed by atoms with Gasteiger partial charge >= 0.3 is 6.09 Å². The first kappa shape index (κ1) is 17.1. The fraction of sp³-hybridized carbons (Fsp3) is 0.429. The molecule has 1 N–H and O–H groups in total. The Bertz CT molecular complexity index is 685. The van der Waals surface area contributed by atoms with Crippen molar-refractivity contribution in [3.63, 3.8) is 0 Å². The molecule has 1 aromatic rings.